The molecule has 1 aromatic heterocycles. The summed E-state index contributed by atoms with van der Waals surface area (Å²) in [6.45, 7) is 0.436. The number of anilines is 1. The molecule has 6 heteroatoms. The van der Waals surface area contributed by atoms with Crippen molar-refractivity contribution < 1.29 is 9.47 Å². The Morgan fingerprint density at radius 3 is 2.65 bits per heavy atom. The molecular formula is C14H24N4O2. The van der Waals surface area contributed by atoms with Crippen molar-refractivity contribution in [2.45, 2.75) is 44.8 Å². The molecule has 20 heavy (non-hydrogen) atoms. The minimum absolute atomic E-state index is 0.0702. The molecule has 0 radical (unpaired) electrons. The minimum atomic E-state index is -0.0702. The first-order chi connectivity index (χ1) is 9.78. The first kappa shape index (κ1) is 15.2. The van der Waals surface area contributed by atoms with E-state index in [1.54, 1.807) is 20.3 Å². The molecule has 1 saturated carbocycles. The molecular weight excluding hydrogens is 256 g/mol. The van der Waals surface area contributed by atoms with Crippen LogP contribution >= 0.6 is 0 Å². The van der Waals surface area contributed by atoms with Gasteiger partial charge in [0.1, 0.15) is 11.9 Å². The maximum Gasteiger partial charge on any atom is 0.160 e. The van der Waals surface area contributed by atoms with Crippen LogP contribution in [0.25, 0.3) is 0 Å². The molecule has 1 aliphatic rings. The van der Waals surface area contributed by atoms with Gasteiger partial charge in [0.15, 0.2) is 5.82 Å². The minimum Gasteiger partial charge on any atom is -0.378 e. The lowest BCUT2D eigenvalue weighted by atomic mass is 9.85. The van der Waals surface area contributed by atoms with E-state index < -0.39 is 0 Å². The summed E-state index contributed by atoms with van der Waals surface area (Å²) in [4.78, 5) is 9.01. The Morgan fingerprint density at radius 1 is 1.30 bits per heavy atom. The quantitative estimate of drug-likeness (QED) is 0.614. The number of nitrogens with two attached hydrogens (primary N) is 1. The maximum atomic E-state index is 5.67. The highest BCUT2D eigenvalue weighted by Gasteiger charge is 2.27. The molecule has 1 aromatic rings. The van der Waals surface area contributed by atoms with Gasteiger partial charge in [-0.25, -0.2) is 15.8 Å². The third-order valence-corrected chi connectivity index (χ3v) is 3.82. The molecule has 1 unspecified atom stereocenters. The number of nitrogen functional groups attached to an aromatic ring is 1. The van der Waals surface area contributed by atoms with Gasteiger partial charge in [-0.15, -0.1) is 0 Å². The molecule has 1 atom stereocenters. The third-order valence-electron chi connectivity index (χ3n) is 3.82. The van der Waals surface area contributed by atoms with Crippen LogP contribution in [0, 0.1) is 5.92 Å². The van der Waals surface area contributed by atoms with E-state index in [-0.39, 0.29) is 6.10 Å². The third kappa shape index (κ3) is 3.65. The van der Waals surface area contributed by atoms with Crippen LogP contribution in [-0.4, -0.2) is 24.2 Å². The van der Waals surface area contributed by atoms with Gasteiger partial charge >= 0.3 is 0 Å². The molecule has 0 aromatic carbocycles. The number of ether oxygens (including phenoxy) is 2. The van der Waals surface area contributed by atoms with Crippen molar-refractivity contribution in [2.75, 3.05) is 19.6 Å². The van der Waals surface area contributed by atoms with Gasteiger partial charge in [-0.2, -0.15) is 0 Å². The lowest BCUT2D eigenvalue weighted by molar-refractivity contribution is 0.0285. The lowest BCUT2D eigenvalue weighted by Crippen LogP contribution is -2.22. The van der Waals surface area contributed by atoms with Crippen molar-refractivity contribution in [3.63, 3.8) is 0 Å². The fourth-order valence-corrected chi connectivity index (χ4v) is 2.89. The molecule has 0 aliphatic heterocycles. The number of nitrogens with zero attached hydrogens (tertiary/aromatic N) is 2. The average molecular weight is 280 g/mol. The number of nitrogens with one attached hydrogen (secondary N) is 1. The van der Waals surface area contributed by atoms with Gasteiger partial charge in [-0.3, -0.25) is 0 Å². The smallest absolute Gasteiger partial charge is 0.160 e. The van der Waals surface area contributed by atoms with Gasteiger partial charge < -0.3 is 14.9 Å². The molecule has 2 rings (SSSR count). The van der Waals surface area contributed by atoms with E-state index in [0.717, 1.165) is 5.69 Å². The summed E-state index contributed by atoms with van der Waals surface area (Å²) >= 11 is 0. The number of aromatic nitrogens is 2. The van der Waals surface area contributed by atoms with Gasteiger partial charge in [0.05, 0.1) is 12.3 Å². The van der Waals surface area contributed by atoms with Crippen molar-refractivity contribution in [2.24, 2.45) is 11.8 Å². The molecule has 1 fully saturated rings. The highest BCUT2D eigenvalue weighted by molar-refractivity contribution is 5.34. The number of methoxy groups -OCH3 is 2. The van der Waals surface area contributed by atoms with E-state index in [1.807, 2.05) is 0 Å². The first-order valence-corrected chi connectivity index (χ1v) is 7.14. The van der Waals surface area contributed by atoms with E-state index in [0.29, 0.717) is 24.2 Å². The second-order valence-electron chi connectivity index (χ2n) is 5.23. The van der Waals surface area contributed by atoms with Gasteiger partial charge in [-0.05, 0) is 18.8 Å². The molecule has 6 nitrogen and oxygen atoms in total. The van der Waals surface area contributed by atoms with Crippen LogP contribution in [0.2, 0.25) is 0 Å². The molecule has 0 bridgehead atoms. The van der Waals surface area contributed by atoms with E-state index in [4.69, 9.17) is 15.3 Å². The summed E-state index contributed by atoms with van der Waals surface area (Å²) in [6, 6.07) is 1.79. The summed E-state index contributed by atoms with van der Waals surface area (Å²) in [7, 11) is 3.37. The number of hydrazine groups is 1. The van der Waals surface area contributed by atoms with Crippen molar-refractivity contribution >= 4 is 5.82 Å². The zero-order valence-corrected chi connectivity index (χ0v) is 12.3. The summed E-state index contributed by atoms with van der Waals surface area (Å²) in [6.07, 6.45) is 6.09. The molecule has 1 heterocycles. The van der Waals surface area contributed by atoms with Crippen LogP contribution in [0.4, 0.5) is 5.82 Å². The number of hydrogen-bond acceptors (Lipinski definition) is 6. The zero-order valence-electron chi connectivity index (χ0n) is 12.3. The van der Waals surface area contributed by atoms with Crippen LogP contribution in [0.3, 0.4) is 0 Å². The van der Waals surface area contributed by atoms with Gasteiger partial charge in [0.25, 0.3) is 0 Å². The fourth-order valence-electron chi connectivity index (χ4n) is 2.89. The molecule has 3 N–H and O–H groups in total. The van der Waals surface area contributed by atoms with Crippen molar-refractivity contribution in [3.8, 4) is 0 Å². The maximum absolute atomic E-state index is 5.67. The highest BCUT2D eigenvalue weighted by Crippen LogP contribution is 2.35. The van der Waals surface area contributed by atoms with Crippen molar-refractivity contribution in [1.29, 1.82) is 0 Å². The monoisotopic (exact) mass is 280 g/mol. The van der Waals surface area contributed by atoms with Crippen LogP contribution < -0.4 is 11.3 Å². The van der Waals surface area contributed by atoms with Gasteiger partial charge in [0.2, 0.25) is 0 Å². The SMILES string of the molecule is COCc1cc(NN)nc(C(OC)C2CCCCC2)n1. The summed E-state index contributed by atoms with van der Waals surface area (Å²) < 4.78 is 10.8. The Kier molecular flexibility index (Phi) is 5.70. The Labute approximate surface area is 120 Å². The van der Waals surface area contributed by atoms with Crippen LogP contribution in [0.5, 0.6) is 0 Å². The van der Waals surface area contributed by atoms with Crippen LogP contribution in [-0.2, 0) is 16.1 Å². The standard InChI is InChI=1S/C14H24N4O2/c1-19-9-11-8-12(18-15)17-14(16-11)13(20-2)10-6-4-3-5-7-10/h8,10,13H,3-7,9,15H2,1-2H3,(H,16,17,18). The molecule has 0 spiro atoms. The molecule has 1 aliphatic carbocycles. The Hall–Kier alpha value is -1.24. The summed E-state index contributed by atoms with van der Waals surface area (Å²) in [5, 5.41) is 0. The van der Waals surface area contributed by atoms with E-state index >= 15 is 0 Å². The van der Waals surface area contributed by atoms with Crippen molar-refractivity contribution in [1.82, 2.24) is 9.97 Å². The normalized spacial score (nSPS) is 17.9. The topological polar surface area (TPSA) is 82.3 Å². The number of hydrogen-bond donors (Lipinski definition) is 2. The second-order valence-corrected chi connectivity index (χ2v) is 5.23. The Bertz CT molecular complexity index is 422. The Balaban J connectivity index is 2.24. The van der Waals surface area contributed by atoms with E-state index in [2.05, 4.69) is 15.4 Å². The Morgan fingerprint density at radius 2 is 2.05 bits per heavy atom. The van der Waals surface area contributed by atoms with Crippen LogP contribution in [0.1, 0.15) is 49.7 Å². The highest BCUT2D eigenvalue weighted by atomic mass is 16.5. The largest absolute Gasteiger partial charge is 0.378 e. The van der Waals surface area contributed by atoms with Gasteiger partial charge in [0, 0.05) is 20.3 Å². The van der Waals surface area contributed by atoms with Crippen molar-refractivity contribution in [3.05, 3.63) is 17.6 Å². The summed E-state index contributed by atoms with van der Waals surface area (Å²) in [5.41, 5.74) is 3.39. The predicted octanol–water partition coefficient (Wildman–Crippen LogP) is 2.18. The summed E-state index contributed by atoms with van der Waals surface area (Å²) in [5.74, 6) is 7.26. The van der Waals surface area contributed by atoms with Gasteiger partial charge in [-0.1, -0.05) is 19.3 Å². The van der Waals surface area contributed by atoms with E-state index in [9.17, 15) is 0 Å². The average Bonchev–Trinajstić information content (AvgIpc) is 2.49. The molecule has 0 saturated heterocycles. The number of rotatable bonds is 6. The second kappa shape index (κ2) is 7.52. The zero-order chi connectivity index (χ0) is 14.4. The first-order valence-electron chi connectivity index (χ1n) is 7.14. The van der Waals surface area contributed by atoms with Crippen LogP contribution in [0.15, 0.2) is 6.07 Å². The predicted molar refractivity (Wildman–Crippen MR) is 76.9 cm³/mol. The lowest BCUT2D eigenvalue weighted by Gasteiger charge is -2.28. The molecule has 112 valence electrons. The van der Waals surface area contributed by atoms with E-state index in [1.165, 1.54) is 32.1 Å². The molecule has 0 amide bonds. The fraction of sp³-hybridized carbons (Fsp3) is 0.714.